The van der Waals surface area contributed by atoms with Gasteiger partial charge >= 0.3 is 0 Å². The highest BCUT2D eigenvalue weighted by Crippen LogP contribution is 2.24. The Morgan fingerprint density at radius 1 is 1.32 bits per heavy atom. The lowest BCUT2D eigenvalue weighted by molar-refractivity contribution is -0.255. The molecule has 2 aromatic carbocycles. The summed E-state index contributed by atoms with van der Waals surface area (Å²) in [6, 6.07) is 12.2. The second-order valence-electron chi connectivity index (χ2n) is 4.57. The summed E-state index contributed by atoms with van der Waals surface area (Å²) in [5, 5.41) is 14.1. The van der Waals surface area contributed by atoms with Crippen LogP contribution in [0, 0.1) is 0 Å². The van der Waals surface area contributed by atoms with Gasteiger partial charge in [-0.15, -0.1) is 0 Å². The summed E-state index contributed by atoms with van der Waals surface area (Å²) in [4.78, 5) is 10.9. The van der Waals surface area contributed by atoms with E-state index < -0.39 is 5.97 Å². The Morgan fingerprint density at radius 2 is 2.14 bits per heavy atom. The van der Waals surface area contributed by atoms with Crippen molar-refractivity contribution in [2.75, 3.05) is 11.9 Å². The third-order valence-electron chi connectivity index (χ3n) is 2.96. The van der Waals surface area contributed by atoms with Gasteiger partial charge in [0.1, 0.15) is 12.4 Å². The molecule has 0 aliphatic carbocycles. The van der Waals surface area contributed by atoms with E-state index in [0.717, 1.165) is 15.8 Å². The number of carboxylic acids is 1. The molecule has 5 heteroatoms. The van der Waals surface area contributed by atoms with Gasteiger partial charge < -0.3 is 20.0 Å². The van der Waals surface area contributed by atoms with Crippen LogP contribution in [0.15, 0.2) is 59.6 Å². The summed E-state index contributed by atoms with van der Waals surface area (Å²) >= 11 is 3.43. The zero-order valence-electron chi connectivity index (χ0n) is 11.8. The van der Waals surface area contributed by atoms with Crippen LogP contribution in [-0.2, 0) is 6.54 Å². The molecule has 0 aliphatic heterocycles. The number of carbonyl (C=O) groups is 1. The van der Waals surface area contributed by atoms with Gasteiger partial charge in [-0.3, -0.25) is 0 Å². The fourth-order valence-electron chi connectivity index (χ4n) is 1.93. The minimum Gasteiger partial charge on any atom is -0.545 e. The van der Waals surface area contributed by atoms with Crippen molar-refractivity contribution in [2.24, 2.45) is 0 Å². The molecular weight excluding hydrogens is 346 g/mol. The first kappa shape index (κ1) is 16.1. The van der Waals surface area contributed by atoms with Crippen molar-refractivity contribution >= 4 is 27.6 Å². The van der Waals surface area contributed by atoms with E-state index in [1.165, 1.54) is 12.1 Å². The molecule has 0 aromatic heterocycles. The fourth-order valence-corrected chi connectivity index (χ4v) is 2.34. The number of carbonyl (C=O) groups excluding carboxylic acids is 1. The number of nitrogens with one attached hydrogen (secondary N) is 1. The predicted octanol–water partition coefficient (Wildman–Crippen LogP) is 2.99. The van der Waals surface area contributed by atoms with Gasteiger partial charge in [0.05, 0.1) is 5.97 Å². The maximum Gasteiger partial charge on any atom is 0.124 e. The summed E-state index contributed by atoms with van der Waals surface area (Å²) in [7, 11) is 0. The molecule has 4 nitrogen and oxygen atoms in total. The number of anilines is 1. The van der Waals surface area contributed by atoms with Gasteiger partial charge in [-0.1, -0.05) is 40.7 Å². The largest absolute Gasteiger partial charge is 0.545 e. The molecule has 0 radical (unpaired) electrons. The molecule has 0 atom stereocenters. The van der Waals surface area contributed by atoms with E-state index in [9.17, 15) is 9.90 Å². The molecule has 0 bridgehead atoms. The highest BCUT2D eigenvalue weighted by Gasteiger charge is 2.05. The van der Waals surface area contributed by atoms with Gasteiger partial charge in [-0.05, 0) is 35.9 Å². The van der Waals surface area contributed by atoms with Crippen molar-refractivity contribution < 1.29 is 14.6 Å². The summed E-state index contributed by atoms with van der Waals surface area (Å²) < 4.78 is 6.55. The van der Waals surface area contributed by atoms with Crippen LogP contribution >= 0.6 is 15.9 Å². The topological polar surface area (TPSA) is 61.4 Å². The molecule has 0 heterocycles. The predicted molar refractivity (Wildman–Crippen MR) is 87.9 cm³/mol. The van der Waals surface area contributed by atoms with E-state index in [4.69, 9.17) is 4.74 Å². The number of hydrogen-bond donors (Lipinski definition) is 1. The number of aromatic carboxylic acids is 1. The Labute approximate surface area is 137 Å². The van der Waals surface area contributed by atoms with Crippen molar-refractivity contribution in [2.45, 2.75) is 6.54 Å². The van der Waals surface area contributed by atoms with Crippen molar-refractivity contribution in [1.29, 1.82) is 0 Å². The van der Waals surface area contributed by atoms with E-state index in [1.807, 2.05) is 18.2 Å². The van der Waals surface area contributed by atoms with Gasteiger partial charge in [0.15, 0.2) is 0 Å². The third kappa shape index (κ3) is 4.36. The number of halogens is 1. The normalized spacial score (nSPS) is 10.0. The Bertz CT molecular complexity index is 685. The molecule has 0 saturated heterocycles. The molecular formula is C17H15BrNO3-. The fraction of sp³-hybridized carbons (Fsp3) is 0.118. The lowest BCUT2D eigenvalue weighted by Crippen LogP contribution is -2.22. The van der Waals surface area contributed by atoms with Gasteiger partial charge in [-0.2, -0.15) is 0 Å². The van der Waals surface area contributed by atoms with Crippen LogP contribution in [0.2, 0.25) is 0 Å². The van der Waals surface area contributed by atoms with Crippen molar-refractivity contribution in [3.63, 3.8) is 0 Å². The van der Waals surface area contributed by atoms with E-state index in [-0.39, 0.29) is 5.56 Å². The van der Waals surface area contributed by atoms with E-state index in [2.05, 4.69) is 27.8 Å². The van der Waals surface area contributed by atoms with Gasteiger partial charge in [0.25, 0.3) is 0 Å². The highest BCUT2D eigenvalue weighted by molar-refractivity contribution is 9.10. The second-order valence-corrected chi connectivity index (χ2v) is 5.49. The van der Waals surface area contributed by atoms with E-state index >= 15 is 0 Å². The van der Waals surface area contributed by atoms with Crippen LogP contribution in [-0.4, -0.2) is 12.6 Å². The highest BCUT2D eigenvalue weighted by atomic mass is 79.9. The Kier molecular flexibility index (Phi) is 5.61. The maximum atomic E-state index is 10.9. The van der Waals surface area contributed by atoms with E-state index in [0.29, 0.717) is 18.8 Å². The maximum absolute atomic E-state index is 10.9. The first-order valence-electron chi connectivity index (χ1n) is 6.67. The smallest absolute Gasteiger partial charge is 0.124 e. The van der Waals surface area contributed by atoms with Crippen molar-refractivity contribution in [1.82, 2.24) is 0 Å². The molecule has 0 amide bonds. The lowest BCUT2D eigenvalue weighted by Gasteiger charge is -2.13. The molecule has 1 N–H and O–H groups in total. The molecule has 22 heavy (non-hydrogen) atoms. The first-order chi connectivity index (χ1) is 10.6. The average Bonchev–Trinajstić information content (AvgIpc) is 2.52. The Morgan fingerprint density at radius 3 is 2.86 bits per heavy atom. The lowest BCUT2D eigenvalue weighted by atomic mass is 10.1. The van der Waals surface area contributed by atoms with Crippen LogP contribution in [0.5, 0.6) is 5.75 Å². The van der Waals surface area contributed by atoms with Gasteiger partial charge in [0.2, 0.25) is 0 Å². The average molecular weight is 361 g/mol. The second kappa shape index (κ2) is 7.66. The van der Waals surface area contributed by atoms with Crippen LogP contribution in [0.4, 0.5) is 5.69 Å². The molecule has 2 aromatic rings. The van der Waals surface area contributed by atoms with Crippen LogP contribution in [0.25, 0.3) is 0 Å². The quantitative estimate of drug-likeness (QED) is 0.771. The molecule has 114 valence electrons. The van der Waals surface area contributed by atoms with Crippen LogP contribution in [0.3, 0.4) is 0 Å². The zero-order chi connectivity index (χ0) is 15.9. The number of ether oxygens (including phenoxy) is 1. The molecule has 0 spiro atoms. The molecule has 2 rings (SSSR count). The van der Waals surface area contributed by atoms with Crippen LogP contribution in [0.1, 0.15) is 15.9 Å². The van der Waals surface area contributed by atoms with Gasteiger partial charge in [-0.25, -0.2) is 0 Å². The molecule has 0 fully saturated rings. The first-order valence-corrected chi connectivity index (χ1v) is 7.47. The molecule has 0 aliphatic rings. The summed E-state index contributed by atoms with van der Waals surface area (Å²) in [5.41, 5.74) is 1.80. The SMILES string of the molecule is C=CCOc1ccc(Br)cc1CNc1cccc(C(=O)[O-])c1. The van der Waals surface area contributed by atoms with E-state index in [1.54, 1.807) is 18.2 Å². The number of benzene rings is 2. The molecule has 0 saturated carbocycles. The number of hydrogen-bond acceptors (Lipinski definition) is 4. The summed E-state index contributed by atoms with van der Waals surface area (Å²) in [5.74, 6) is -0.437. The number of carboxylic acid groups (broad SMARTS) is 1. The summed E-state index contributed by atoms with van der Waals surface area (Å²) in [6.07, 6.45) is 1.68. The van der Waals surface area contributed by atoms with Crippen molar-refractivity contribution in [3.05, 3.63) is 70.7 Å². The van der Waals surface area contributed by atoms with Gasteiger partial charge in [0, 0.05) is 22.3 Å². The monoisotopic (exact) mass is 360 g/mol. The minimum atomic E-state index is -1.19. The number of rotatable bonds is 7. The molecule has 0 unspecified atom stereocenters. The summed E-state index contributed by atoms with van der Waals surface area (Å²) in [6.45, 7) is 4.56. The van der Waals surface area contributed by atoms with Crippen LogP contribution < -0.4 is 15.2 Å². The van der Waals surface area contributed by atoms with Crippen molar-refractivity contribution in [3.8, 4) is 5.75 Å². The minimum absolute atomic E-state index is 0.141. The Hall–Kier alpha value is -2.27. The Balaban J connectivity index is 2.13. The third-order valence-corrected chi connectivity index (χ3v) is 3.45. The zero-order valence-corrected chi connectivity index (χ0v) is 13.4. The standard InChI is InChI=1S/C17H16BrNO3/c1-2-8-22-16-7-6-14(18)9-13(16)11-19-15-5-3-4-12(10-15)17(20)21/h2-7,9-10,19H,1,8,11H2,(H,20,21)/p-1.